The van der Waals surface area contributed by atoms with Crippen molar-refractivity contribution in [1.82, 2.24) is 0 Å². The van der Waals surface area contributed by atoms with Crippen molar-refractivity contribution < 1.29 is 4.79 Å². The maximum Gasteiger partial charge on any atom is 0.227 e. The first-order chi connectivity index (χ1) is 8.15. The molecular weight excluding hydrogens is 280 g/mol. The van der Waals surface area contributed by atoms with Crippen LogP contribution in [0.25, 0.3) is 0 Å². The molecule has 0 N–H and O–H groups in total. The van der Waals surface area contributed by atoms with E-state index in [1.807, 2.05) is 6.07 Å². The molecule has 0 saturated heterocycles. The van der Waals surface area contributed by atoms with Gasteiger partial charge in [-0.05, 0) is 30.5 Å². The van der Waals surface area contributed by atoms with Crippen molar-refractivity contribution in [1.29, 1.82) is 0 Å². The molecule has 0 fully saturated rings. The number of anilines is 1. The molecule has 0 saturated carbocycles. The van der Waals surface area contributed by atoms with Gasteiger partial charge >= 0.3 is 0 Å². The third kappa shape index (κ3) is 2.54. The van der Waals surface area contributed by atoms with Crippen LogP contribution in [-0.4, -0.2) is 18.3 Å². The molecule has 0 bridgehead atoms. The van der Waals surface area contributed by atoms with E-state index in [-0.39, 0.29) is 5.91 Å². The summed E-state index contributed by atoms with van der Waals surface area (Å²) in [5.41, 5.74) is 1.84. The molecule has 0 spiro atoms. The predicted molar refractivity (Wildman–Crippen MR) is 72.5 cm³/mol. The zero-order chi connectivity index (χ0) is 12.4. The number of amides is 1. The maximum atomic E-state index is 11.9. The van der Waals surface area contributed by atoms with Gasteiger partial charge in [0.1, 0.15) is 0 Å². The number of alkyl halides is 1. The van der Waals surface area contributed by atoms with Crippen LogP contribution in [0.5, 0.6) is 0 Å². The standard InChI is InChI=1S/C12H12Cl3NO/c13-6-1-7-16-10-4-3-9(14)12(15)8(10)2-5-11(16)17/h3-4H,1-2,5-7H2. The van der Waals surface area contributed by atoms with Gasteiger partial charge in [-0.25, -0.2) is 0 Å². The predicted octanol–water partition coefficient (Wildman–Crippen LogP) is 3.90. The van der Waals surface area contributed by atoms with Crippen LogP contribution in [0, 0.1) is 0 Å². The molecule has 1 aromatic carbocycles. The van der Waals surface area contributed by atoms with Crippen LogP contribution in [0.3, 0.4) is 0 Å². The van der Waals surface area contributed by atoms with Crippen molar-refractivity contribution in [2.45, 2.75) is 19.3 Å². The molecule has 2 nitrogen and oxygen atoms in total. The Morgan fingerprint density at radius 2 is 2.00 bits per heavy atom. The number of benzene rings is 1. The highest BCUT2D eigenvalue weighted by molar-refractivity contribution is 6.42. The second-order valence-corrected chi connectivity index (χ2v) is 5.11. The van der Waals surface area contributed by atoms with Crippen molar-refractivity contribution in [3.63, 3.8) is 0 Å². The fraction of sp³-hybridized carbons (Fsp3) is 0.417. The third-order valence-corrected chi connectivity index (χ3v) is 3.98. The highest BCUT2D eigenvalue weighted by Gasteiger charge is 2.25. The summed E-state index contributed by atoms with van der Waals surface area (Å²) in [6, 6.07) is 3.59. The van der Waals surface area contributed by atoms with Crippen LogP contribution in [0.4, 0.5) is 5.69 Å². The lowest BCUT2D eigenvalue weighted by Gasteiger charge is -2.30. The van der Waals surface area contributed by atoms with Crippen molar-refractivity contribution in [2.24, 2.45) is 0 Å². The Labute approximate surface area is 115 Å². The summed E-state index contributed by atoms with van der Waals surface area (Å²) in [5, 5.41) is 1.10. The van der Waals surface area contributed by atoms with Crippen LogP contribution >= 0.6 is 34.8 Å². The van der Waals surface area contributed by atoms with Crippen LogP contribution < -0.4 is 4.90 Å². The van der Waals surface area contributed by atoms with Gasteiger partial charge in [-0.2, -0.15) is 0 Å². The van der Waals surface area contributed by atoms with Gasteiger partial charge in [-0.1, -0.05) is 23.2 Å². The van der Waals surface area contributed by atoms with E-state index in [0.29, 0.717) is 35.3 Å². The van der Waals surface area contributed by atoms with E-state index >= 15 is 0 Å². The Bertz CT molecular complexity index is 448. The van der Waals surface area contributed by atoms with Gasteiger partial charge in [-0.3, -0.25) is 4.79 Å². The molecule has 5 heteroatoms. The smallest absolute Gasteiger partial charge is 0.227 e. The zero-order valence-corrected chi connectivity index (χ0v) is 11.4. The first-order valence-corrected chi connectivity index (χ1v) is 6.77. The minimum Gasteiger partial charge on any atom is -0.312 e. The number of fused-ring (bicyclic) bond motifs is 1. The number of hydrogen-bond acceptors (Lipinski definition) is 1. The molecule has 1 aliphatic rings. The van der Waals surface area contributed by atoms with E-state index in [0.717, 1.165) is 17.7 Å². The van der Waals surface area contributed by atoms with Gasteiger partial charge in [0, 0.05) is 24.5 Å². The van der Waals surface area contributed by atoms with Crippen LogP contribution in [0.2, 0.25) is 10.0 Å². The van der Waals surface area contributed by atoms with Crippen molar-refractivity contribution in [2.75, 3.05) is 17.3 Å². The Kier molecular flexibility index (Phi) is 4.18. The maximum absolute atomic E-state index is 11.9. The van der Waals surface area contributed by atoms with E-state index < -0.39 is 0 Å². The molecule has 0 unspecified atom stereocenters. The molecule has 1 aliphatic heterocycles. The molecule has 1 amide bonds. The molecule has 0 radical (unpaired) electrons. The largest absolute Gasteiger partial charge is 0.312 e. The summed E-state index contributed by atoms with van der Waals surface area (Å²) in [6.45, 7) is 0.632. The van der Waals surface area contributed by atoms with E-state index in [4.69, 9.17) is 34.8 Å². The Morgan fingerprint density at radius 3 is 2.71 bits per heavy atom. The van der Waals surface area contributed by atoms with Gasteiger partial charge in [0.2, 0.25) is 5.91 Å². The molecule has 17 heavy (non-hydrogen) atoms. The van der Waals surface area contributed by atoms with Crippen LogP contribution in [-0.2, 0) is 11.2 Å². The second-order valence-electron chi connectivity index (χ2n) is 3.95. The SMILES string of the molecule is O=C1CCc2c(ccc(Cl)c2Cl)N1CCCCl. The fourth-order valence-corrected chi connectivity index (χ4v) is 2.59. The molecule has 1 aromatic rings. The van der Waals surface area contributed by atoms with E-state index in [9.17, 15) is 4.79 Å². The van der Waals surface area contributed by atoms with Gasteiger partial charge < -0.3 is 4.90 Å². The topological polar surface area (TPSA) is 20.3 Å². The Morgan fingerprint density at radius 1 is 1.24 bits per heavy atom. The van der Waals surface area contributed by atoms with Crippen molar-refractivity contribution >= 4 is 46.4 Å². The second kappa shape index (κ2) is 5.47. The summed E-state index contributed by atoms with van der Waals surface area (Å²) in [4.78, 5) is 13.6. The molecule has 0 atom stereocenters. The third-order valence-electron chi connectivity index (χ3n) is 2.87. The normalized spacial score (nSPS) is 15.0. The summed E-state index contributed by atoms with van der Waals surface area (Å²) < 4.78 is 0. The van der Waals surface area contributed by atoms with E-state index in [1.165, 1.54) is 0 Å². The van der Waals surface area contributed by atoms with E-state index in [1.54, 1.807) is 11.0 Å². The lowest BCUT2D eigenvalue weighted by atomic mass is 10.0. The quantitative estimate of drug-likeness (QED) is 0.774. The molecule has 2 rings (SSSR count). The van der Waals surface area contributed by atoms with Crippen molar-refractivity contribution in [3.05, 3.63) is 27.7 Å². The first-order valence-electron chi connectivity index (χ1n) is 5.48. The Balaban J connectivity index is 2.38. The molecule has 1 heterocycles. The highest BCUT2D eigenvalue weighted by Crippen LogP contribution is 2.37. The number of rotatable bonds is 3. The average molecular weight is 293 g/mol. The number of hydrogen-bond donors (Lipinski definition) is 0. The minimum absolute atomic E-state index is 0.126. The van der Waals surface area contributed by atoms with Crippen molar-refractivity contribution in [3.8, 4) is 0 Å². The van der Waals surface area contributed by atoms with Gasteiger partial charge in [-0.15, -0.1) is 11.6 Å². The lowest BCUT2D eigenvalue weighted by Crippen LogP contribution is -2.36. The zero-order valence-electron chi connectivity index (χ0n) is 9.18. The van der Waals surface area contributed by atoms with E-state index in [2.05, 4.69) is 0 Å². The lowest BCUT2D eigenvalue weighted by molar-refractivity contribution is -0.118. The highest BCUT2D eigenvalue weighted by atomic mass is 35.5. The van der Waals surface area contributed by atoms with Gasteiger partial charge in [0.15, 0.2) is 0 Å². The fourth-order valence-electron chi connectivity index (χ4n) is 2.04. The van der Waals surface area contributed by atoms with Crippen LogP contribution in [0.15, 0.2) is 12.1 Å². The first kappa shape index (κ1) is 13.0. The average Bonchev–Trinajstić information content (AvgIpc) is 2.32. The van der Waals surface area contributed by atoms with Gasteiger partial charge in [0.05, 0.1) is 10.0 Å². The summed E-state index contributed by atoms with van der Waals surface area (Å²) in [6.07, 6.45) is 1.91. The molecule has 92 valence electrons. The summed E-state index contributed by atoms with van der Waals surface area (Å²) >= 11 is 17.8. The Hall–Kier alpha value is -0.440. The number of carbonyl (C=O) groups is 1. The number of nitrogens with zero attached hydrogens (tertiary/aromatic N) is 1. The minimum atomic E-state index is 0.126. The summed E-state index contributed by atoms with van der Waals surface area (Å²) in [5.74, 6) is 0.668. The van der Waals surface area contributed by atoms with Gasteiger partial charge in [0.25, 0.3) is 0 Å². The number of carbonyl (C=O) groups excluding carboxylic acids is 1. The van der Waals surface area contributed by atoms with Crippen LogP contribution in [0.1, 0.15) is 18.4 Å². The number of halogens is 3. The molecular formula is C12H12Cl3NO. The monoisotopic (exact) mass is 291 g/mol. The molecule has 0 aliphatic carbocycles. The summed E-state index contributed by atoms with van der Waals surface area (Å²) in [7, 11) is 0. The molecule has 0 aromatic heterocycles.